The first kappa shape index (κ1) is 23.4. The third-order valence-corrected chi connectivity index (χ3v) is 10.5. The Hall–Kier alpha value is -1.68. The molecule has 0 nitrogen and oxygen atoms in total. The number of fused-ring (bicyclic) bond motifs is 12. The van der Waals surface area contributed by atoms with Crippen LogP contribution in [0.3, 0.4) is 0 Å². The highest BCUT2D eigenvalue weighted by molar-refractivity contribution is 9.11. The van der Waals surface area contributed by atoms with Gasteiger partial charge in [-0.25, -0.2) is 0 Å². The molecule has 0 saturated carbocycles. The zero-order chi connectivity index (χ0) is 24.4. The Morgan fingerprint density at radius 2 is 0.667 bits per heavy atom. The van der Waals surface area contributed by atoms with Crippen molar-refractivity contribution >= 4 is 47.8 Å². The summed E-state index contributed by atoms with van der Waals surface area (Å²) in [5.41, 5.74) is 18.1. The molecule has 36 heavy (non-hydrogen) atoms. The molecule has 3 aliphatic carbocycles. The van der Waals surface area contributed by atoms with Gasteiger partial charge in [-0.1, -0.05) is 84.2 Å². The average molecular weight is 663 g/mol. The highest BCUT2D eigenvalue weighted by atomic mass is 79.9. The maximum absolute atomic E-state index is 4.02. The predicted molar refractivity (Wildman–Crippen MR) is 162 cm³/mol. The van der Waals surface area contributed by atoms with E-state index in [4.69, 9.17) is 0 Å². The van der Waals surface area contributed by atoms with Gasteiger partial charge in [-0.2, -0.15) is 0 Å². The van der Waals surface area contributed by atoms with Crippen molar-refractivity contribution in [3.8, 4) is 33.4 Å². The lowest BCUT2D eigenvalue weighted by atomic mass is 9.77. The molecule has 0 N–H and O–H groups in total. The molecule has 0 amide bonds. The molecule has 0 fully saturated rings. The van der Waals surface area contributed by atoms with Gasteiger partial charge >= 0.3 is 0 Å². The second kappa shape index (κ2) is 9.26. The van der Waals surface area contributed by atoms with E-state index in [0.29, 0.717) is 0 Å². The Kier molecular flexibility index (Phi) is 6.03. The van der Waals surface area contributed by atoms with Crippen molar-refractivity contribution in [1.29, 1.82) is 0 Å². The molecule has 7 rings (SSSR count). The van der Waals surface area contributed by atoms with Crippen LogP contribution >= 0.6 is 47.8 Å². The highest BCUT2D eigenvalue weighted by Crippen LogP contribution is 2.54. The number of halogens is 3. The highest BCUT2D eigenvalue weighted by Gasteiger charge is 2.33. The molecule has 0 unspecified atom stereocenters. The Morgan fingerprint density at radius 3 is 0.972 bits per heavy atom. The molecule has 0 aliphatic heterocycles. The number of benzene rings is 4. The monoisotopic (exact) mass is 660 g/mol. The number of rotatable bonds is 0. The van der Waals surface area contributed by atoms with E-state index in [1.165, 1.54) is 82.8 Å². The lowest BCUT2D eigenvalue weighted by Crippen LogP contribution is -2.07. The van der Waals surface area contributed by atoms with E-state index in [1.54, 1.807) is 16.7 Å². The van der Waals surface area contributed by atoms with Crippen LogP contribution in [0.2, 0.25) is 0 Å². The fourth-order valence-corrected chi connectivity index (χ4v) is 8.93. The van der Waals surface area contributed by atoms with Crippen molar-refractivity contribution < 1.29 is 0 Å². The molecule has 4 aromatic carbocycles. The minimum atomic E-state index is 1.13. The van der Waals surface area contributed by atoms with E-state index in [2.05, 4.69) is 102 Å². The van der Waals surface area contributed by atoms with E-state index in [0.717, 1.165) is 38.5 Å². The first-order valence-electron chi connectivity index (χ1n) is 13.2. The number of aryl methyl sites for hydroxylation is 3. The average Bonchev–Trinajstić information content (AvgIpc) is 3.27. The fraction of sp³-hybridized carbons (Fsp3) is 0.273. The van der Waals surface area contributed by atoms with Crippen LogP contribution < -0.4 is 0 Å². The van der Waals surface area contributed by atoms with E-state index < -0.39 is 0 Å². The van der Waals surface area contributed by atoms with Crippen molar-refractivity contribution in [2.24, 2.45) is 0 Å². The van der Waals surface area contributed by atoms with Crippen molar-refractivity contribution in [1.82, 2.24) is 0 Å². The molecule has 3 heteroatoms. The lowest BCUT2D eigenvalue weighted by molar-refractivity contribution is 0.817. The van der Waals surface area contributed by atoms with Gasteiger partial charge < -0.3 is 0 Å². The van der Waals surface area contributed by atoms with Gasteiger partial charge in [-0.15, -0.1) is 0 Å². The fourth-order valence-electron chi connectivity index (χ4n) is 7.11. The van der Waals surface area contributed by atoms with Crippen molar-refractivity contribution in [2.75, 3.05) is 0 Å². The van der Waals surface area contributed by atoms with Gasteiger partial charge in [0.2, 0.25) is 0 Å². The first-order valence-corrected chi connectivity index (χ1v) is 15.5. The zero-order valence-corrected chi connectivity index (χ0v) is 25.0. The van der Waals surface area contributed by atoms with Crippen LogP contribution in [0.4, 0.5) is 0 Å². The molecule has 0 aromatic heterocycles. The van der Waals surface area contributed by atoms with Crippen LogP contribution in [-0.2, 0) is 38.5 Å². The summed E-state index contributed by atoms with van der Waals surface area (Å²) in [4.78, 5) is 0. The second-order valence-electron chi connectivity index (χ2n) is 10.4. The molecule has 0 radical (unpaired) electrons. The summed E-state index contributed by atoms with van der Waals surface area (Å²) in [6.07, 6.45) is 10.4. The van der Waals surface area contributed by atoms with E-state index in [1.807, 2.05) is 0 Å². The molecular weight excluding hydrogens is 636 g/mol. The largest absolute Gasteiger partial charge is 0.0608 e. The summed E-state index contributed by atoms with van der Waals surface area (Å²) >= 11 is 12.1. The third kappa shape index (κ3) is 3.56. The van der Waals surface area contributed by atoms with E-state index >= 15 is 0 Å². The molecule has 180 valence electrons. The smallest absolute Gasteiger partial charge is 0.0256 e. The first-order chi connectivity index (χ1) is 17.6. The van der Waals surface area contributed by atoms with Crippen LogP contribution in [0.15, 0.2) is 68.0 Å². The van der Waals surface area contributed by atoms with Crippen molar-refractivity contribution in [2.45, 2.75) is 57.8 Å². The Labute approximate surface area is 238 Å². The van der Waals surface area contributed by atoms with Gasteiger partial charge in [0.05, 0.1) is 0 Å². The molecule has 3 aliphatic rings. The Bertz CT molecular complexity index is 1340. The van der Waals surface area contributed by atoms with Crippen LogP contribution in [-0.4, -0.2) is 0 Å². The summed E-state index contributed by atoms with van der Waals surface area (Å²) < 4.78 is 3.72. The van der Waals surface area contributed by atoms with Crippen LogP contribution in [0.1, 0.15) is 52.6 Å². The van der Waals surface area contributed by atoms with Gasteiger partial charge in [-0.05, 0) is 143 Å². The van der Waals surface area contributed by atoms with Crippen LogP contribution in [0, 0.1) is 0 Å². The maximum atomic E-state index is 4.02. The van der Waals surface area contributed by atoms with Crippen LogP contribution in [0.5, 0.6) is 0 Å². The number of hydrogen-bond acceptors (Lipinski definition) is 0. The summed E-state index contributed by atoms with van der Waals surface area (Å²) in [5, 5.41) is 0. The molecular formula is C33H27Br3. The summed E-state index contributed by atoms with van der Waals surface area (Å²) in [5.74, 6) is 0. The van der Waals surface area contributed by atoms with Gasteiger partial charge in [0.15, 0.2) is 0 Å². The molecule has 0 saturated heterocycles. The normalized spacial score (nSPS) is 15.8. The molecule has 0 spiro atoms. The van der Waals surface area contributed by atoms with Gasteiger partial charge in [0.25, 0.3) is 0 Å². The minimum Gasteiger partial charge on any atom is -0.0608 e. The second-order valence-corrected chi connectivity index (χ2v) is 13.0. The lowest BCUT2D eigenvalue weighted by Gasteiger charge is -2.28. The molecule has 0 bridgehead atoms. The standard InChI is InChI=1S/C33H27Br3/c34-25-16-4-10-19-7-1-13-22-31(28(19)25)23-14-3-9-21-12-6-18-27(36)30(21)33(23)24-15-2-8-20-11-5-17-26(35)29(20)32(22)24/h4-6,10-12,16-18H,1-3,7-9,13-15H2. The van der Waals surface area contributed by atoms with E-state index in [-0.39, 0.29) is 0 Å². The summed E-state index contributed by atoms with van der Waals surface area (Å²) in [6, 6.07) is 20.5. The zero-order valence-electron chi connectivity index (χ0n) is 20.2. The predicted octanol–water partition coefficient (Wildman–Crippen LogP) is 10.4. The maximum Gasteiger partial charge on any atom is 0.0256 e. The van der Waals surface area contributed by atoms with Crippen molar-refractivity contribution in [3.63, 3.8) is 0 Å². The third-order valence-electron chi connectivity index (χ3n) is 8.48. The minimum absolute atomic E-state index is 1.13. The quantitative estimate of drug-likeness (QED) is 0.176. The van der Waals surface area contributed by atoms with Gasteiger partial charge in [0.1, 0.15) is 0 Å². The molecule has 0 atom stereocenters. The van der Waals surface area contributed by atoms with E-state index in [9.17, 15) is 0 Å². The molecule has 0 heterocycles. The van der Waals surface area contributed by atoms with Gasteiger partial charge in [0, 0.05) is 13.4 Å². The van der Waals surface area contributed by atoms with Gasteiger partial charge in [-0.3, -0.25) is 0 Å². The summed E-state index contributed by atoms with van der Waals surface area (Å²) in [6.45, 7) is 0. The molecule has 4 aromatic rings. The number of hydrogen-bond donors (Lipinski definition) is 0. The topological polar surface area (TPSA) is 0 Å². The Morgan fingerprint density at radius 1 is 0.361 bits per heavy atom. The van der Waals surface area contributed by atoms with Crippen LogP contribution in [0.25, 0.3) is 33.4 Å². The summed E-state index contributed by atoms with van der Waals surface area (Å²) in [7, 11) is 0. The van der Waals surface area contributed by atoms with Crippen molar-refractivity contribution in [3.05, 3.63) is 101 Å². The Balaban J connectivity index is 1.73. The SMILES string of the molecule is Brc1cccc2c1-c1c(c3c(c4c1CCCc1cccc(Br)c1-4)CCCc1cccc(Br)c1-3)CCC2.